The summed E-state index contributed by atoms with van der Waals surface area (Å²) in [7, 11) is 3.82. The van der Waals surface area contributed by atoms with Gasteiger partial charge in [-0.05, 0) is 30.5 Å². The molecule has 1 fully saturated rings. The van der Waals surface area contributed by atoms with E-state index >= 15 is 0 Å². The van der Waals surface area contributed by atoms with Crippen LogP contribution in [0.15, 0.2) is 36.8 Å². The number of likely N-dealkylation sites (N-methyl/N-ethyl adjacent to an activating group) is 1. The van der Waals surface area contributed by atoms with Crippen LogP contribution < -0.4 is 4.90 Å². The van der Waals surface area contributed by atoms with Gasteiger partial charge in [-0.1, -0.05) is 25.3 Å². The van der Waals surface area contributed by atoms with Crippen LogP contribution in [0.2, 0.25) is 0 Å². The topological polar surface area (TPSA) is 51.0 Å². The maximum atomic E-state index is 13.2. The molecule has 3 heterocycles. The molecule has 3 aromatic rings. The first kappa shape index (κ1) is 15.6. The van der Waals surface area contributed by atoms with Gasteiger partial charge in [0.25, 0.3) is 0 Å². The summed E-state index contributed by atoms with van der Waals surface area (Å²) in [6, 6.07) is 6.35. The van der Waals surface area contributed by atoms with Crippen LogP contribution >= 0.6 is 0 Å². The summed E-state index contributed by atoms with van der Waals surface area (Å²) in [5.74, 6) is 0.244. The molecule has 26 heavy (non-hydrogen) atoms. The second-order valence-corrected chi connectivity index (χ2v) is 7.66. The minimum absolute atomic E-state index is 0.244. The molecule has 1 saturated carbocycles. The molecule has 2 aliphatic rings. The first-order valence-corrected chi connectivity index (χ1v) is 9.31. The number of amides is 1. The van der Waals surface area contributed by atoms with Gasteiger partial charge in [-0.3, -0.25) is 14.5 Å². The van der Waals surface area contributed by atoms with Gasteiger partial charge in [0.15, 0.2) is 0 Å². The molecule has 2 aromatic heterocycles. The lowest BCUT2D eigenvalue weighted by molar-refractivity contribution is -0.124. The number of fused-ring (bicyclic) bond motifs is 4. The number of aryl methyl sites for hydroxylation is 1. The molecule has 0 N–H and O–H groups in total. The van der Waals surface area contributed by atoms with E-state index in [0.29, 0.717) is 0 Å². The van der Waals surface area contributed by atoms with E-state index in [0.717, 1.165) is 53.4 Å². The highest BCUT2D eigenvalue weighted by Crippen LogP contribution is 2.52. The average Bonchev–Trinajstić information content (AvgIpc) is 3.19. The molecule has 5 rings (SSSR count). The quantitative estimate of drug-likeness (QED) is 0.673. The second kappa shape index (κ2) is 5.40. The number of anilines is 1. The van der Waals surface area contributed by atoms with E-state index in [1.165, 1.54) is 12.0 Å². The van der Waals surface area contributed by atoms with Gasteiger partial charge < -0.3 is 4.90 Å². The van der Waals surface area contributed by atoms with Crippen molar-refractivity contribution in [1.82, 2.24) is 14.8 Å². The third kappa shape index (κ3) is 2.00. The summed E-state index contributed by atoms with van der Waals surface area (Å²) in [5, 5.41) is 5.41. The van der Waals surface area contributed by atoms with Crippen LogP contribution in [0.5, 0.6) is 0 Å². The normalized spacial score (nSPS) is 18.7. The van der Waals surface area contributed by atoms with E-state index in [4.69, 9.17) is 0 Å². The monoisotopic (exact) mass is 346 g/mol. The van der Waals surface area contributed by atoms with Crippen molar-refractivity contribution in [1.29, 1.82) is 0 Å². The summed E-state index contributed by atoms with van der Waals surface area (Å²) >= 11 is 0. The van der Waals surface area contributed by atoms with E-state index < -0.39 is 0 Å². The molecule has 0 atom stereocenters. The Hall–Kier alpha value is -2.69. The number of benzene rings is 1. The standard InChI is InChI=1S/C21H22N4O/c1-24-13-15(11-23-24)14-6-7-17-16(10-14)19-18(12-22-17)25(2)20(26)21(19)8-4-3-5-9-21/h6-7,10-13H,3-5,8-9H2,1-2H3. The van der Waals surface area contributed by atoms with E-state index in [1.54, 1.807) is 0 Å². The number of hydrogen-bond donors (Lipinski definition) is 0. The Morgan fingerprint density at radius 3 is 2.58 bits per heavy atom. The van der Waals surface area contributed by atoms with E-state index in [-0.39, 0.29) is 11.3 Å². The van der Waals surface area contributed by atoms with Crippen LogP contribution in [-0.2, 0) is 17.3 Å². The van der Waals surface area contributed by atoms with Crippen molar-refractivity contribution < 1.29 is 4.79 Å². The first-order valence-electron chi connectivity index (χ1n) is 9.31. The highest BCUT2D eigenvalue weighted by atomic mass is 16.2. The fourth-order valence-electron chi connectivity index (χ4n) is 4.85. The lowest BCUT2D eigenvalue weighted by Gasteiger charge is -2.32. The van der Waals surface area contributed by atoms with Crippen LogP contribution in [0.25, 0.3) is 22.0 Å². The largest absolute Gasteiger partial charge is 0.313 e. The second-order valence-electron chi connectivity index (χ2n) is 7.66. The highest BCUT2D eigenvalue weighted by molar-refractivity contribution is 6.12. The zero-order valence-corrected chi connectivity index (χ0v) is 15.2. The number of carbonyl (C=O) groups is 1. The third-order valence-electron chi connectivity index (χ3n) is 6.15. The van der Waals surface area contributed by atoms with Gasteiger partial charge in [-0.25, -0.2) is 0 Å². The Morgan fingerprint density at radius 1 is 1.04 bits per heavy atom. The molecule has 0 unspecified atom stereocenters. The summed E-state index contributed by atoms with van der Waals surface area (Å²) in [6.07, 6.45) is 11.1. The van der Waals surface area contributed by atoms with Crippen molar-refractivity contribution in [2.24, 2.45) is 7.05 Å². The molecule has 1 spiro atoms. The highest BCUT2D eigenvalue weighted by Gasteiger charge is 2.51. The van der Waals surface area contributed by atoms with Crippen molar-refractivity contribution >= 4 is 22.5 Å². The van der Waals surface area contributed by atoms with E-state index in [2.05, 4.69) is 28.3 Å². The van der Waals surface area contributed by atoms with Crippen molar-refractivity contribution in [3.05, 3.63) is 42.4 Å². The molecule has 0 radical (unpaired) electrons. The van der Waals surface area contributed by atoms with E-state index in [1.807, 2.05) is 42.3 Å². The fourth-order valence-corrected chi connectivity index (χ4v) is 4.85. The van der Waals surface area contributed by atoms with Crippen LogP contribution in [0.3, 0.4) is 0 Å². The Balaban J connectivity index is 1.78. The Kier molecular flexibility index (Phi) is 3.23. The Bertz CT molecular complexity index is 1030. The summed E-state index contributed by atoms with van der Waals surface area (Å²) < 4.78 is 1.81. The Morgan fingerprint density at radius 2 is 1.85 bits per heavy atom. The van der Waals surface area contributed by atoms with Gasteiger partial charge in [0.2, 0.25) is 5.91 Å². The maximum Gasteiger partial charge on any atom is 0.237 e. The molecular formula is C21H22N4O. The van der Waals surface area contributed by atoms with Gasteiger partial charge >= 0.3 is 0 Å². The number of pyridine rings is 1. The predicted molar refractivity (Wildman–Crippen MR) is 102 cm³/mol. The lowest BCUT2D eigenvalue weighted by atomic mass is 9.69. The molecule has 0 saturated heterocycles. The predicted octanol–water partition coefficient (Wildman–Crippen LogP) is 3.81. The van der Waals surface area contributed by atoms with E-state index in [9.17, 15) is 4.79 Å². The number of carbonyl (C=O) groups excluding carboxylic acids is 1. The summed E-state index contributed by atoms with van der Waals surface area (Å²) in [6.45, 7) is 0. The maximum absolute atomic E-state index is 13.2. The summed E-state index contributed by atoms with van der Waals surface area (Å²) in [4.78, 5) is 19.7. The average molecular weight is 346 g/mol. The molecular weight excluding hydrogens is 324 g/mol. The van der Waals surface area contributed by atoms with Gasteiger partial charge in [-0.15, -0.1) is 0 Å². The first-order chi connectivity index (χ1) is 12.6. The van der Waals surface area contributed by atoms with Crippen LogP contribution in [0.1, 0.15) is 37.7 Å². The van der Waals surface area contributed by atoms with Crippen LogP contribution in [-0.4, -0.2) is 27.7 Å². The van der Waals surface area contributed by atoms with Gasteiger partial charge in [-0.2, -0.15) is 5.10 Å². The molecule has 132 valence electrons. The minimum Gasteiger partial charge on any atom is -0.313 e. The number of aromatic nitrogens is 3. The van der Waals surface area contributed by atoms with Gasteiger partial charge in [0.05, 0.1) is 29.0 Å². The van der Waals surface area contributed by atoms with Crippen molar-refractivity contribution in [2.75, 3.05) is 11.9 Å². The van der Waals surface area contributed by atoms with Gasteiger partial charge in [0.1, 0.15) is 0 Å². The molecule has 5 heteroatoms. The van der Waals surface area contributed by atoms with Crippen LogP contribution in [0, 0.1) is 0 Å². The molecule has 1 aliphatic heterocycles. The van der Waals surface area contributed by atoms with Crippen molar-refractivity contribution in [2.45, 2.75) is 37.5 Å². The molecule has 1 aliphatic carbocycles. The van der Waals surface area contributed by atoms with Crippen molar-refractivity contribution in [3.63, 3.8) is 0 Å². The summed E-state index contributed by atoms with van der Waals surface area (Å²) in [5.41, 5.74) is 4.98. The SMILES string of the molecule is CN1C(=O)C2(CCCCC2)c2c1cnc1ccc(-c3cnn(C)c3)cc21. The molecule has 5 nitrogen and oxygen atoms in total. The van der Waals surface area contributed by atoms with Crippen LogP contribution in [0.4, 0.5) is 5.69 Å². The number of rotatable bonds is 1. The minimum atomic E-state index is -0.364. The fraction of sp³-hybridized carbons (Fsp3) is 0.381. The molecule has 1 aromatic carbocycles. The lowest BCUT2D eigenvalue weighted by Crippen LogP contribution is -2.40. The zero-order valence-electron chi connectivity index (χ0n) is 15.2. The molecule has 1 amide bonds. The zero-order chi connectivity index (χ0) is 17.9. The van der Waals surface area contributed by atoms with Crippen molar-refractivity contribution in [3.8, 4) is 11.1 Å². The Labute approximate surface area is 152 Å². The number of hydrogen-bond acceptors (Lipinski definition) is 3. The molecule has 0 bridgehead atoms. The third-order valence-corrected chi connectivity index (χ3v) is 6.15. The smallest absolute Gasteiger partial charge is 0.237 e. The van der Waals surface area contributed by atoms with Gasteiger partial charge in [0, 0.05) is 36.8 Å². The number of nitrogens with zero attached hydrogens (tertiary/aromatic N) is 4.